The molecule has 1 aromatic heterocycles. The van der Waals surface area contributed by atoms with Gasteiger partial charge >= 0.3 is 5.97 Å². The number of benzene rings is 1. The summed E-state index contributed by atoms with van der Waals surface area (Å²) in [6.07, 6.45) is 1.95. The van der Waals surface area contributed by atoms with Gasteiger partial charge in [0.25, 0.3) is 5.91 Å². The number of carbonyl (C=O) groups excluding carboxylic acids is 3. The normalized spacial score (nSPS) is 13.5. The molecule has 25 heavy (non-hydrogen) atoms. The number of amides is 2. The third-order valence-corrected chi connectivity index (χ3v) is 3.99. The summed E-state index contributed by atoms with van der Waals surface area (Å²) in [7, 11) is 1.48. The minimum atomic E-state index is -0.753. The van der Waals surface area contributed by atoms with Crippen molar-refractivity contribution in [3.05, 3.63) is 35.0 Å². The molecule has 1 saturated carbocycles. The molecular formula is C17H17ClN2O5. The van der Waals surface area contributed by atoms with E-state index in [1.807, 2.05) is 0 Å². The van der Waals surface area contributed by atoms with Crippen LogP contribution in [0.1, 0.15) is 23.4 Å². The number of hydrogen-bond donors (Lipinski definition) is 1. The van der Waals surface area contributed by atoms with Crippen molar-refractivity contribution in [2.24, 2.45) is 0 Å². The largest absolute Gasteiger partial charge is 0.450 e. The fourth-order valence-corrected chi connectivity index (χ4v) is 2.41. The molecule has 0 aliphatic heterocycles. The van der Waals surface area contributed by atoms with Gasteiger partial charge in [0, 0.05) is 23.5 Å². The minimum Gasteiger partial charge on any atom is -0.450 e. The van der Waals surface area contributed by atoms with Gasteiger partial charge < -0.3 is 19.4 Å². The summed E-state index contributed by atoms with van der Waals surface area (Å²) >= 11 is 5.88. The van der Waals surface area contributed by atoms with E-state index in [1.165, 1.54) is 18.0 Å². The fraction of sp³-hybridized carbons (Fsp3) is 0.353. The van der Waals surface area contributed by atoms with E-state index in [0.29, 0.717) is 16.0 Å². The van der Waals surface area contributed by atoms with Gasteiger partial charge in [-0.2, -0.15) is 0 Å². The third kappa shape index (κ3) is 4.51. The zero-order valence-electron chi connectivity index (χ0n) is 13.6. The quantitative estimate of drug-likeness (QED) is 0.792. The average Bonchev–Trinajstić information content (AvgIpc) is 3.27. The lowest BCUT2D eigenvalue weighted by Crippen LogP contribution is -2.40. The first-order valence-electron chi connectivity index (χ1n) is 7.82. The maximum absolute atomic E-state index is 12.0. The maximum atomic E-state index is 12.0. The van der Waals surface area contributed by atoms with Crippen LogP contribution < -0.4 is 5.32 Å². The number of nitrogens with zero attached hydrogens (tertiary/aromatic N) is 1. The number of ether oxygens (including phenoxy) is 1. The molecule has 1 N–H and O–H groups in total. The molecular weight excluding hydrogens is 348 g/mol. The van der Waals surface area contributed by atoms with Gasteiger partial charge in [-0.3, -0.25) is 9.59 Å². The molecule has 8 heteroatoms. The highest BCUT2D eigenvalue weighted by atomic mass is 35.5. The molecule has 0 bridgehead atoms. The van der Waals surface area contributed by atoms with E-state index in [0.717, 1.165) is 12.8 Å². The van der Waals surface area contributed by atoms with Gasteiger partial charge in [0.2, 0.25) is 11.7 Å². The van der Waals surface area contributed by atoms with Crippen LogP contribution >= 0.6 is 11.6 Å². The Balaban J connectivity index is 1.51. The summed E-state index contributed by atoms with van der Waals surface area (Å²) in [4.78, 5) is 36.8. The zero-order valence-corrected chi connectivity index (χ0v) is 14.3. The van der Waals surface area contributed by atoms with Crippen LogP contribution in [0, 0.1) is 0 Å². The van der Waals surface area contributed by atoms with E-state index in [9.17, 15) is 14.4 Å². The Morgan fingerprint density at radius 1 is 1.32 bits per heavy atom. The van der Waals surface area contributed by atoms with E-state index in [1.54, 1.807) is 18.2 Å². The Labute approximate surface area is 148 Å². The van der Waals surface area contributed by atoms with Crippen LogP contribution in [0.15, 0.2) is 28.7 Å². The molecule has 1 aliphatic rings. The lowest BCUT2D eigenvalue weighted by molar-refractivity contribution is -0.137. The monoisotopic (exact) mass is 364 g/mol. The van der Waals surface area contributed by atoms with Crippen LogP contribution in [0.3, 0.4) is 0 Å². The molecule has 1 aromatic carbocycles. The van der Waals surface area contributed by atoms with Gasteiger partial charge in [0.05, 0.1) is 6.54 Å². The predicted molar refractivity (Wildman–Crippen MR) is 90.3 cm³/mol. The molecule has 0 unspecified atom stereocenters. The van der Waals surface area contributed by atoms with Crippen LogP contribution in [-0.2, 0) is 14.3 Å². The first-order chi connectivity index (χ1) is 11.9. The first kappa shape index (κ1) is 17.3. The summed E-state index contributed by atoms with van der Waals surface area (Å²) < 4.78 is 10.3. The number of carbonyl (C=O) groups is 3. The van der Waals surface area contributed by atoms with Crippen molar-refractivity contribution < 1.29 is 23.5 Å². The van der Waals surface area contributed by atoms with E-state index in [2.05, 4.69) is 5.32 Å². The molecule has 2 aromatic rings. The number of rotatable bonds is 6. The van der Waals surface area contributed by atoms with E-state index in [4.69, 9.17) is 20.8 Å². The number of fused-ring (bicyclic) bond motifs is 1. The van der Waals surface area contributed by atoms with Crippen molar-refractivity contribution in [1.29, 1.82) is 0 Å². The third-order valence-electron chi connectivity index (χ3n) is 3.76. The molecule has 0 spiro atoms. The van der Waals surface area contributed by atoms with Crippen molar-refractivity contribution in [2.75, 3.05) is 20.2 Å². The molecule has 0 radical (unpaired) electrons. The number of likely N-dealkylation sites (N-methyl/N-ethyl adjacent to an activating group) is 1. The lowest BCUT2D eigenvalue weighted by Gasteiger charge is -2.16. The van der Waals surface area contributed by atoms with Crippen LogP contribution in [0.5, 0.6) is 0 Å². The zero-order chi connectivity index (χ0) is 18.0. The standard InChI is InChI=1S/C17H17ClN2O5/c1-20(8-15(21)19-12-3-4-12)16(22)9-24-17(23)14-7-10-6-11(18)2-5-13(10)25-14/h2,5-7,12H,3-4,8-9H2,1H3,(H,19,21). The molecule has 2 amide bonds. The number of nitrogens with one attached hydrogen (secondary N) is 1. The Morgan fingerprint density at radius 2 is 2.08 bits per heavy atom. The number of esters is 1. The summed E-state index contributed by atoms with van der Waals surface area (Å²) in [6.45, 7) is -0.542. The highest BCUT2D eigenvalue weighted by molar-refractivity contribution is 6.31. The van der Waals surface area contributed by atoms with Gasteiger partial charge in [0.15, 0.2) is 6.61 Å². The smallest absolute Gasteiger partial charge is 0.374 e. The van der Waals surface area contributed by atoms with Crippen LogP contribution in [0.25, 0.3) is 11.0 Å². The SMILES string of the molecule is CN(CC(=O)NC1CC1)C(=O)COC(=O)c1cc2cc(Cl)ccc2o1. The van der Waals surface area contributed by atoms with Gasteiger partial charge in [-0.25, -0.2) is 4.79 Å². The maximum Gasteiger partial charge on any atom is 0.374 e. The Hall–Kier alpha value is -2.54. The van der Waals surface area contributed by atoms with E-state index in [-0.39, 0.29) is 24.3 Å². The van der Waals surface area contributed by atoms with Crippen molar-refractivity contribution >= 4 is 40.4 Å². The van der Waals surface area contributed by atoms with Crippen LogP contribution in [-0.4, -0.2) is 48.9 Å². The predicted octanol–water partition coefficient (Wildman–Crippen LogP) is 1.98. The molecule has 0 saturated heterocycles. The van der Waals surface area contributed by atoms with Crippen LogP contribution in [0.4, 0.5) is 0 Å². The van der Waals surface area contributed by atoms with Gasteiger partial charge in [-0.1, -0.05) is 11.6 Å². The summed E-state index contributed by atoms with van der Waals surface area (Å²) in [5, 5.41) is 3.97. The second-order valence-electron chi connectivity index (χ2n) is 5.96. The van der Waals surface area contributed by atoms with Crippen molar-refractivity contribution in [3.63, 3.8) is 0 Å². The average molecular weight is 365 g/mol. The van der Waals surface area contributed by atoms with Crippen molar-refractivity contribution in [1.82, 2.24) is 10.2 Å². The van der Waals surface area contributed by atoms with Gasteiger partial charge in [0.1, 0.15) is 5.58 Å². The van der Waals surface area contributed by atoms with Gasteiger partial charge in [-0.15, -0.1) is 0 Å². The van der Waals surface area contributed by atoms with E-state index >= 15 is 0 Å². The number of furan rings is 1. The molecule has 1 heterocycles. The highest BCUT2D eigenvalue weighted by Crippen LogP contribution is 2.23. The molecule has 7 nitrogen and oxygen atoms in total. The minimum absolute atomic E-state index is 0.0146. The second kappa shape index (κ2) is 7.14. The molecule has 0 atom stereocenters. The summed E-state index contributed by atoms with van der Waals surface area (Å²) in [6, 6.07) is 6.69. The summed E-state index contributed by atoms with van der Waals surface area (Å²) in [5.41, 5.74) is 0.497. The van der Waals surface area contributed by atoms with E-state index < -0.39 is 18.5 Å². The topological polar surface area (TPSA) is 88.9 Å². The molecule has 132 valence electrons. The first-order valence-corrected chi connectivity index (χ1v) is 8.20. The number of hydrogen-bond acceptors (Lipinski definition) is 5. The second-order valence-corrected chi connectivity index (χ2v) is 6.40. The Kier molecular flexibility index (Phi) is 4.94. The molecule has 1 aliphatic carbocycles. The van der Waals surface area contributed by atoms with Crippen molar-refractivity contribution in [2.45, 2.75) is 18.9 Å². The lowest BCUT2D eigenvalue weighted by atomic mass is 10.2. The van der Waals surface area contributed by atoms with Crippen LogP contribution in [0.2, 0.25) is 5.02 Å². The Morgan fingerprint density at radius 3 is 2.80 bits per heavy atom. The molecule has 3 rings (SSSR count). The summed E-state index contributed by atoms with van der Waals surface area (Å²) in [5.74, 6) is -1.46. The Bertz CT molecular complexity index is 828. The molecule has 1 fully saturated rings. The van der Waals surface area contributed by atoms with Crippen molar-refractivity contribution in [3.8, 4) is 0 Å². The number of halogens is 1. The fourth-order valence-electron chi connectivity index (χ4n) is 2.23. The highest BCUT2D eigenvalue weighted by Gasteiger charge is 2.24. The van der Waals surface area contributed by atoms with Gasteiger partial charge in [-0.05, 0) is 37.1 Å².